The molecule has 0 unspecified atom stereocenters. The van der Waals surface area contributed by atoms with Gasteiger partial charge in [-0.1, -0.05) is 6.07 Å². The molecule has 1 saturated heterocycles. The lowest BCUT2D eigenvalue weighted by atomic mass is 9.94. The van der Waals surface area contributed by atoms with Gasteiger partial charge in [-0.05, 0) is 44.8 Å². The van der Waals surface area contributed by atoms with Crippen LogP contribution in [0.15, 0.2) is 18.2 Å². The van der Waals surface area contributed by atoms with Crippen molar-refractivity contribution in [3.05, 3.63) is 33.9 Å². The smallest absolute Gasteiger partial charge is 0.274 e. The molecule has 0 aromatic heterocycles. The SMILES string of the molecule is Cc1ccc(NC(=O)CC2CCNCC2)cc1[N+](=O)[O-]. The molecule has 20 heavy (non-hydrogen) atoms. The first-order chi connectivity index (χ1) is 9.56. The molecular formula is C14H19N3O3. The predicted molar refractivity (Wildman–Crippen MR) is 76.7 cm³/mol. The summed E-state index contributed by atoms with van der Waals surface area (Å²) in [6.07, 6.45) is 2.48. The van der Waals surface area contributed by atoms with Gasteiger partial charge in [0.15, 0.2) is 0 Å². The maximum Gasteiger partial charge on any atom is 0.274 e. The van der Waals surface area contributed by atoms with Crippen LogP contribution in [0.5, 0.6) is 0 Å². The number of nitrogens with zero attached hydrogens (tertiary/aromatic N) is 1. The van der Waals surface area contributed by atoms with Gasteiger partial charge < -0.3 is 10.6 Å². The monoisotopic (exact) mass is 277 g/mol. The molecule has 108 valence electrons. The van der Waals surface area contributed by atoms with Crippen molar-refractivity contribution in [1.82, 2.24) is 5.32 Å². The van der Waals surface area contributed by atoms with E-state index >= 15 is 0 Å². The first kappa shape index (κ1) is 14.5. The lowest BCUT2D eigenvalue weighted by Crippen LogP contribution is -2.30. The summed E-state index contributed by atoms with van der Waals surface area (Å²) in [6.45, 7) is 3.58. The van der Waals surface area contributed by atoms with Gasteiger partial charge in [-0.2, -0.15) is 0 Å². The van der Waals surface area contributed by atoms with Gasteiger partial charge in [-0.15, -0.1) is 0 Å². The quantitative estimate of drug-likeness (QED) is 0.653. The summed E-state index contributed by atoms with van der Waals surface area (Å²) in [7, 11) is 0. The first-order valence-corrected chi connectivity index (χ1v) is 6.82. The van der Waals surface area contributed by atoms with Crippen LogP contribution in [0.3, 0.4) is 0 Å². The summed E-state index contributed by atoms with van der Waals surface area (Å²) in [4.78, 5) is 22.4. The van der Waals surface area contributed by atoms with Crippen molar-refractivity contribution in [3.63, 3.8) is 0 Å². The minimum atomic E-state index is -0.433. The van der Waals surface area contributed by atoms with Crippen molar-refractivity contribution >= 4 is 17.3 Å². The Morgan fingerprint density at radius 2 is 2.15 bits per heavy atom. The van der Waals surface area contributed by atoms with Crippen molar-refractivity contribution in [2.45, 2.75) is 26.2 Å². The highest BCUT2D eigenvalue weighted by molar-refractivity contribution is 5.91. The normalized spacial score (nSPS) is 15.8. The lowest BCUT2D eigenvalue weighted by Gasteiger charge is -2.21. The van der Waals surface area contributed by atoms with E-state index in [1.807, 2.05) is 0 Å². The van der Waals surface area contributed by atoms with Crippen molar-refractivity contribution < 1.29 is 9.72 Å². The van der Waals surface area contributed by atoms with Crippen LogP contribution in [-0.2, 0) is 4.79 Å². The standard InChI is InChI=1S/C14H19N3O3/c1-10-2-3-12(9-13(10)17(19)20)16-14(18)8-11-4-6-15-7-5-11/h2-3,9,11,15H,4-8H2,1H3,(H,16,18). The van der Waals surface area contributed by atoms with E-state index in [1.54, 1.807) is 19.1 Å². The fourth-order valence-corrected chi connectivity index (χ4v) is 2.44. The number of nitrogens with one attached hydrogen (secondary N) is 2. The Hall–Kier alpha value is -1.95. The molecule has 6 heteroatoms. The van der Waals surface area contributed by atoms with Crippen LogP contribution >= 0.6 is 0 Å². The summed E-state index contributed by atoms with van der Waals surface area (Å²) in [5.74, 6) is 0.326. The summed E-state index contributed by atoms with van der Waals surface area (Å²) in [5.41, 5.74) is 1.11. The Morgan fingerprint density at radius 1 is 1.45 bits per heavy atom. The molecule has 0 radical (unpaired) electrons. The van der Waals surface area contributed by atoms with Gasteiger partial charge in [0.1, 0.15) is 0 Å². The molecule has 1 aromatic carbocycles. The molecule has 0 atom stereocenters. The molecule has 0 spiro atoms. The zero-order chi connectivity index (χ0) is 14.5. The van der Waals surface area contributed by atoms with E-state index in [1.165, 1.54) is 6.07 Å². The third-order valence-corrected chi connectivity index (χ3v) is 3.62. The Kier molecular flexibility index (Phi) is 4.68. The average Bonchev–Trinajstić information content (AvgIpc) is 2.41. The molecule has 2 N–H and O–H groups in total. The van der Waals surface area contributed by atoms with Crippen LogP contribution in [0.2, 0.25) is 0 Å². The molecule has 2 rings (SSSR count). The molecule has 0 aliphatic carbocycles. The number of nitro groups is 1. The van der Waals surface area contributed by atoms with E-state index in [4.69, 9.17) is 0 Å². The Morgan fingerprint density at radius 3 is 2.80 bits per heavy atom. The van der Waals surface area contributed by atoms with E-state index in [-0.39, 0.29) is 11.6 Å². The zero-order valence-electron chi connectivity index (χ0n) is 11.5. The minimum Gasteiger partial charge on any atom is -0.326 e. The van der Waals surface area contributed by atoms with Crippen LogP contribution in [0.1, 0.15) is 24.8 Å². The summed E-state index contributed by atoms with van der Waals surface area (Å²) < 4.78 is 0. The van der Waals surface area contributed by atoms with Gasteiger partial charge in [0.05, 0.1) is 4.92 Å². The van der Waals surface area contributed by atoms with E-state index in [0.29, 0.717) is 23.6 Å². The minimum absolute atomic E-state index is 0.0321. The number of piperidine rings is 1. The molecule has 1 heterocycles. The second-order valence-corrected chi connectivity index (χ2v) is 5.20. The molecule has 1 aromatic rings. The van der Waals surface area contributed by atoms with Crippen molar-refractivity contribution in [3.8, 4) is 0 Å². The number of carbonyl (C=O) groups excluding carboxylic acids is 1. The Bertz CT molecular complexity index is 510. The number of rotatable bonds is 4. The van der Waals surface area contributed by atoms with E-state index < -0.39 is 4.92 Å². The van der Waals surface area contributed by atoms with Crippen molar-refractivity contribution in [2.24, 2.45) is 5.92 Å². The van der Waals surface area contributed by atoms with Crippen LogP contribution in [-0.4, -0.2) is 23.9 Å². The number of aryl methyl sites for hydroxylation is 1. The maximum atomic E-state index is 11.9. The third kappa shape index (κ3) is 3.77. The second-order valence-electron chi connectivity index (χ2n) is 5.20. The number of hydrogen-bond acceptors (Lipinski definition) is 4. The zero-order valence-corrected chi connectivity index (χ0v) is 11.5. The van der Waals surface area contributed by atoms with E-state index in [9.17, 15) is 14.9 Å². The third-order valence-electron chi connectivity index (χ3n) is 3.62. The highest BCUT2D eigenvalue weighted by atomic mass is 16.6. The van der Waals surface area contributed by atoms with E-state index in [2.05, 4.69) is 10.6 Å². The number of nitro benzene ring substituents is 1. The highest BCUT2D eigenvalue weighted by Gasteiger charge is 2.18. The Labute approximate surface area is 117 Å². The molecule has 6 nitrogen and oxygen atoms in total. The van der Waals surface area contributed by atoms with Crippen LogP contribution in [0.4, 0.5) is 11.4 Å². The molecule has 1 amide bonds. The van der Waals surface area contributed by atoms with Crippen molar-refractivity contribution in [2.75, 3.05) is 18.4 Å². The van der Waals surface area contributed by atoms with Gasteiger partial charge in [-0.3, -0.25) is 14.9 Å². The predicted octanol–water partition coefficient (Wildman–Crippen LogP) is 2.23. The van der Waals surface area contributed by atoms with Gasteiger partial charge in [0.25, 0.3) is 5.69 Å². The fourth-order valence-electron chi connectivity index (χ4n) is 2.44. The first-order valence-electron chi connectivity index (χ1n) is 6.82. The van der Waals surface area contributed by atoms with Crippen molar-refractivity contribution in [1.29, 1.82) is 0 Å². The lowest BCUT2D eigenvalue weighted by molar-refractivity contribution is -0.385. The maximum absolute atomic E-state index is 11.9. The van der Waals surface area contributed by atoms with Crippen LogP contribution in [0.25, 0.3) is 0 Å². The molecule has 1 aliphatic heterocycles. The molecule has 0 saturated carbocycles. The molecule has 1 fully saturated rings. The van der Waals surface area contributed by atoms with Gasteiger partial charge in [-0.25, -0.2) is 0 Å². The second kappa shape index (κ2) is 6.47. The Balaban J connectivity index is 1.96. The van der Waals surface area contributed by atoms with Crippen LogP contribution < -0.4 is 10.6 Å². The molecule has 0 bridgehead atoms. The molecule has 1 aliphatic rings. The number of amides is 1. The fraction of sp³-hybridized carbons (Fsp3) is 0.500. The van der Waals surface area contributed by atoms with Crippen LogP contribution in [0, 0.1) is 23.0 Å². The number of benzene rings is 1. The largest absolute Gasteiger partial charge is 0.326 e. The summed E-state index contributed by atoms with van der Waals surface area (Å²) >= 11 is 0. The number of carbonyl (C=O) groups is 1. The van der Waals surface area contributed by atoms with Gasteiger partial charge >= 0.3 is 0 Å². The van der Waals surface area contributed by atoms with E-state index in [0.717, 1.165) is 25.9 Å². The highest BCUT2D eigenvalue weighted by Crippen LogP contribution is 2.23. The summed E-state index contributed by atoms with van der Waals surface area (Å²) in [6, 6.07) is 4.76. The molecular weight excluding hydrogens is 258 g/mol. The van der Waals surface area contributed by atoms with Gasteiger partial charge in [0.2, 0.25) is 5.91 Å². The topological polar surface area (TPSA) is 84.3 Å². The number of hydrogen-bond donors (Lipinski definition) is 2. The summed E-state index contributed by atoms with van der Waals surface area (Å²) in [5, 5.41) is 16.9. The number of anilines is 1. The van der Waals surface area contributed by atoms with Gasteiger partial charge in [0, 0.05) is 23.7 Å². The average molecular weight is 277 g/mol.